The summed E-state index contributed by atoms with van der Waals surface area (Å²) in [6.45, 7) is 0.789. The first-order chi connectivity index (χ1) is 11.3. The Bertz CT molecular complexity index is 927. The van der Waals surface area contributed by atoms with Gasteiger partial charge in [-0.25, -0.2) is 4.98 Å². The Balaban J connectivity index is 1.91. The van der Waals surface area contributed by atoms with Crippen molar-refractivity contribution < 1.29 is 4.74 Å². The molecule has 0 saturated heterocycles. The Kier molecular flexibility index (Phi) is 3.60. The van der Waals surface area contributed by atoms with Crippen molar-refractivity contribution in [3.63, 3.8) is 0 Å². The molecule has 0 aliphatic heterocycles. The van der Waals surface area contributed by atoms with Gasteiger partial charge in [-0.15, -0.1) is 11.3 Å². The summed E-state index contributed by atoms with van der Waals surface area (Å²) in [4.78, 5) is 6.02. The highest BCUT2D eigenvalue weighted by molar-refractivity contribution is 7.13. The number of ether oxygens (including phenoxy) is 1. The van der Waals surface area contributed by atoms with Gasteiger partial charge in [-0.2, -0.15) is 0 Å². The number of fused-ring (bicyclic) bond motifs is 1. The van der Waals surface area contributed by atoms with E-state index in [1.807, 2.05) is 18.2 Å². The average Bonchev–Trinajstić information content (AvgIpc) is 3.23. The summed E-state index contributed by atoms with van der Waals surface area (Å²) in [5.74, 6) is 1.86. The third kappa shape index (κ3) is 2.62. The van der Waals surface area contributed by atoms with Crippen LogP contribution in [-0.2, 0) is 6.54 Å². The molecular weight excluding hydrogens is 304 g/mol. The molecule has 23 heavy (non-hydrogen) atoms. The second kappa shape index (κ2) is 5.89. The molecule has 0 amide bonds. The van der Waals surface area contributed by atoms with Gasteiger partial charge in [0.1, 0.15) is 5.75 Å². The minimum Gasteiger partial charge on any atom is -0.497 e. The normalized spacial score (nSPS) is 11.0. The molecule has 0 unspecified atom stereocenters. The molecule has 0 atom stereocenters. The molecule has 0 spiro atoms. The lowest BCUT2D eigenvalue weighted by atomic mass is 10.2. The van der Waals surface area contributed by atoms with Crippen LogP contribution < -0.4 is 4.74 Å². The van der Waals surface area contributed by atoms with E-state index in [9.17, 15) is 0 Å². The molecule has 0 aliphatic rings. The zero-order valence-electron chi connectivity index (χ0n) is 12.8. The number of aromatic nitrogens is 2. The van der Waals surface area contributed by atoms with E-state index in [-0.39, 0.29) is 0 Å². The van der Waals surface area contributed by atoms with Gasteiger partial charge in [0.25, 0.3) is 0 Å². The molecule has 2 aromatic heterocycles. The Morgan fingerprint density at radius 3 is 2.65 bits per heavy atom. The number of benzene rings is 2. The second-order valence-electron chi connectivity index (χ2n) is 5.34. The van der Waals surface area contributed by atoms with Crippen LogP contribution in [0.2, 0.25) is 0 Å². The van der Waals surface area contributed by atoms with Crippen molar-refractivity contribution in [3.8, 4) is 16.5 Å². The molecule has 114 valence electrons. The standard InChI is InChI=1S/C19H16N2OS/c1-22-15-9-10-16-17(12-15)21(13-14-6-3-2-4-7-14)19(20-16)18-8-5-11-23-18/h2-12H,13H2,1H3. The Labute approximate surface area is 138 Å². The van der Waals surface area contributed by atoms with Gasteiger partial charge in [0, 0.05) is 12.6 Å². The SMILES string of the molecule is COc1ccc2nc(-c3cccs3)n(Cc3ccccc3)c2c1. The van der Waals surface area contributed by atoms with Crippen molar-refractivity contribution in [1.29, 1.82) is 0 Å². The average molecular weight is 320 g/mol. The number of hydrogen-bond donors (Lipinski definition) is 0. The molecular formula is C19H16N2OS. The largest absolute Gasteiger partial charge is 0.497 e. The third-order valence-corrected chi connectivity index (χ3v) is 4.75. The molecule has 4 rings (SSSR count). The van der Waals surface area contributed by atoms with Gasteiger partial charge in [-0.1, -0.05) is 36.4 Å². The highest BCUT2D eigenvalue weighted by Crippen LogP contribution is 2.30. The van der Waals surface area contributed by atoms with Gasteiger partial charge < -0.3 is 9.30 Å². The van der Waals surface area contributed by atoms with Crippen LogP contribution >= 0.6 is 11.3 Å². The van der Waals surface area contributed by atoms with Crippen molar-refractivity contribution in [2.45, 2.75) is 6.54 Å². The molecule has 0 aliphatic carbocycles. The van der Waals surface area contributed by atoms with E-state index in [2.05, 4.69) is 52.4 Å². The summed E-state index contributed by atoms with van der Waals surface area (Å²) in [5.41, 5.74) is 3.34. The number of nitrogens with zero attached hydrogens (tertiary/aromatic N) is 2. The van der Waals surface area contributed by atoms with Crippen LogP contribution in [0, 0.1) is 0 Å². The summed E-state index contributed by atoms with van der Waals surface area (Å²) in [6, 6.07) is 20.7. The fourth-order valence-corrected chi connectivity index (χ4v) is 3.47. The first-order valence-corrected chi connectivity index (χ1v) is 8.35. The highest BCUT2D eigenvalue weighted by Gasteiger charge is 2.14. The van der Waals surface area contributed by atoms with E-state index < -0.39 is 0 Å². The predicted octanol–water partition coefficient (Wildman–Crippen LogP) is 4.82. The fourth-order valence-electron chi connectivity index (χ4n) is 2.75. The number of rotatable bonds is 4. The monoisotopic (exact) mass is 320 g/mol. The van der Waals surface area contributed by atoms with Crippen LogP contribution in [0.5, 0.6) is 5.75 Å². The first kappa shape index (κ1) is 14.0. The zero-order chi connectivity index (χ0) is 15.6. The van der Waals surface area contributed by atoms with E-state index in [0.717, 1.165) is 29.2 Å². The molecule has 4 heteroatoms. The summed E-state index contributed by atoms with van der Waals surface area (Å²) in [6.07, 6.45) is 0. The molecule has 0 fully saturated rings. The quantitative estimate of drug-likeness (QED) is 0.539. The van der Waals surface area contributed by atoms with E-state index in [1.54, 1.807) is 18.4 Å². The van der Waals surface area contributed by atoms with Crippen molar-refractivity contribution in [3.05, 3.63) is 71.6 Å². The predicted molar refractivity (Wildman–Crippen MR) is 95.1 cm³/mol. The van der Waals surface area contributed by atoms with E-state index in [1.165, 1.54) is 10.4 Å². The summed E-state index contributed by atoms with van der Waals surface area (Å²) in [5, 5.41) is 2.09. The smallest absolute Gasteiger partial charge is 0.151 e. The van der Waals surface area contributed by atoms with Crippen LogP contribution in [-0.4, -0.2) is 16.7 Å². The maximum Gasteiger partial charge on any atom is 0.151 e. The van der Waals surface area contributed by atoms with E-state index >= 15 is 0 Å². The minimum absolute atomic E-state index is 0.789. The van der Waals surface area contributed by atoms with Gasteiger partial charge in [0.05, 0.1) is 23.0 Å². The molecule has 2 heterocycles. The molecule has 0 N–H and O–H groups in total. The van der Waals surface area contributed by atoms with Gasteiger partial charge in [-0.05, 0) is 29.1 Å². The van der Waals surface area contributed by atoms with Gasteiger partial charge in [-0.3, -0.25) is 0 Å². The van der Waals surface area contributed by atoms with Gasteiger partial charge in [0.2, 0.25) is 0 Å². The lowest BCUT2D eigenvalue weighted by molar-refractivity contribution is 0.415. The van der Waals surface area contributed by atoms with Gasteiger partial charge in [0.15, 0.2) is 5.82 Å². The molecule has 0 radical (unpaired) electrons. The number of hydrogen-bond acceptors (Lipinski definition) is 3. The topological polar surface area (TPSA) is 27.1 Å². The summed E-state index contributed by atoms with van der Waals surface area (Å²) in [7, 11) is 1.69. The Morgan fingerprint density at radius 1 is 1.04 bits per heavy atom. The summed E-state index contributed by atoms with van der Waals surface area (Å²) < 4.78 is 7.65. The van der Waals surface area contributed by atoms with E-state index in [4.69, 9.17) is 9.72 Å². The molecule has 2 aromatic carbocycles. The maximum absolute atomic E-state index is 5.39. The van der Waals surface area contributed by atoms with E-state index in [0.29, 0.717) is 0 Å². The fraction of sp³-hybridized carbons (Fsp3) is 0.105. The van der Waals surface area contributed by atoms with Crippen molar-refractivity contribution in [2.75, 3.05) is 7.11 Å². The number of imidazole rings is 1. The first-order valence-electron chi connectivity index (χ1n) is 7.47. The van der Waals surface area contributed by atoms with Crippen LogP contribution in [0.25, 0.3) is 21.7 Å². The highest BCUT2D eigenvalue weighted by atomic mass is 32.1. The maximum atomic E-state index is 5.39. The Hall–Kier alpha value is -2.59. The van der Waals surface area contributed by atoms with Crippen LogP contribution in [0.4, 0.5) is 0 Å². The van der Waals surface area contributed by atoms with Crippen molar-refractivity contribution in [1.82, 2.24) is 9.55 Å². The number of methoxy groups -OCH3 is 1. The molecule has 3 nitrogen and oxygen atoms in total. The third-order valence-electron chi connectivity index (χ3n) is 3.88. The second-order valence-corrected chi connectivity index (χ2v) is 6.29. The van der Waals surface area contributed by atoms with Crippen molar-refractivity contribution in [2.24, 2.45) is 0 Å². The minimum atomic E-state index is 0.789. The summed E-state index contributed by atoms with van der Waals surface area (Å²) >= 11 is 1.71. The lowest BCUT2D eigenvalue weighted by Crippen LogP contribution is -2.01. The molecule has 4 aromatic rings. The number of thiophene rings is 1. The van der Waals surface area contributed by atoms with Crippen LogP contribution in [0.1, 0.15) is 5.56 Å². The molecule has 0 bridgehead atoms. The van der Waals surface area contributed by atoms with Crippen LogP contribution in [0.3, 0.4) is 0 Å². The lowest BCUT2D eigenvalue weighted by Gasteiger charge is -2.09. The molecule has 0 saturated carbocycles. The van der Waals surface area contributed by atoms with Crippen LogP contribution in [0.15, 0.2) is 66.0 Å². The van der Waals surface area contributed by atoms with Gasteiger partial charge >= 0.3 is 0 Å². The van der Waals surface area contributed by atoms with Crippen molar-refractivity contribution >= 4 is 22.4 Å². The Morgan fingerprint density at radius 2 is 1.91 bits per heavy atom. The zero-order valence-corrected chi connectivity index (χ0v) is 13.6.